The zero-order valence-corrected chi connectivity index (χ0v) is 7.19. The first-order valence-electron chi connectivity index (χ1n) is 4.24. The van der Waals surface area contributed by atoms with Gasteiger partial charge in [-0.2, -0.15) is 0 Å². The molecule has 13 heavy (non-hydrogen) atoms. The second-order valence-electron chi connectivity index (χ2n) is 2.94. The van der Waals surface area contributed by atoms with Gasteiger partial charge in [0.25, 0.3) is 0 Å². The van der Waals surface area contributed by atoms with Crippen LogP contribution in [0.5, 0.6) is 0 Å². The van der Waals surface area contributed by atoms with Crippen LogP contribution in [0, 0.1) is 0 Å². The molecule has 1 aliphatic heterocycles. The third-order valence-corrected chi connectivity index (χ3v) is 2.03. The second kappa shape index (κ2) is 3.54. The van der Waals surface area contributed by atoms with E-state index in [-0.39, 0.29) is 5.78 Å². The molecule has 0 saturated carbocycles. The topological polar surface area (TPSA) is 26.3 Å². The van der Waals surface area contributed by atoms with Gasteiger partial charge in [-0.3, -0.25) is 4.79 Å². The smallest absolute Gasteiger partial charge is 0.191 e. The summed E-state index contributed by atoms with van der Waals surface area (Å²) in [4.78, 5) is 11.7. The van der Waals surface area contributed by atoms with Gasteiger partial charge in [0.15, 0.2) is 5.78 Å². The van der Waals surface area contributed by atoms with E-state index in [2.05, 4.69) is 0 Å². The Morgan fingerprint density at radius 2 is 2.00 bits per heavy atom. The van der Waals surface area contributed by atoms with Crippen molar-refractivity contribution in [2.45, 2.75) is 0 Å². The zero-order valence-electron chi connectivity index (χ0n) is 7.19. The van der Waals surface area contributed by atoms with Crippen molar-refractivity contribution in [3.8, 4) is 0 Å². The quantitative estimate of drug-likeness (QED) is 0.639. The maximum Gasteiger partial charge on any atom is 0.191 e. The standard InChI is InChI=1S/C11H10O2/c12-11(10-6-7-13-8-10)9-4-2-1-3-5-9/h1-6H,7-8H2. The van der Waals surface area contributed by atoms with E-state index in [1.165, 1.54) is 0 Å². The van der Waals surface area contributed by atoms with Gasteiger partial charge < -0.3 is 4.74 Å². The van der Waals surface area contributed by atoms with E-state index < -0.39 is 0 Å². The molecule has 0 saturated heterocycles. The van der Waals surface area contributed by atoms with Gasteiger partial charge in [-0.1, -0.05) is 30.3 Å². The third-order valence-electron chi connectivity index (χ3n) is 2.03. The summed E-state index contributed by atoms with van der Waals surface area (Å²) in [6, 6.07) is 9.27. The van der Waals surface area contributed by atoms with Crippen LogP contribution in [0.1, 0.15) is 10.4 Å². The van der Waals surface area contributed by atoms with E-state index in [1.54, 1.807) is 0 Å². The number of hydrogen-bond donors (Lipinski definition) is 0. The van der Waals surface area contributed by atoms with Crippen LogP contribution in [-0.4, -0.2) is 19.0 Å². The molecule has 0 spiro atoms. The summed E-state index contributed by atoms with van der Waals surface area (Å²) >= 11 is 0. The Bertz CT molecular complexity index is 338. The number of hydrogen-bond acceptors (Lipinski definition) is 2. The number of ether oxygens (including phenoxy) is 1. The van der Waals surface area contributed by atoms with E-state index >= 15 is 0 Å². The van der Waals surface area contributed by atoms with Gasteiger partial charge in [0.1, 0.15) is 0 Å². The molecule has 1 aromatic rings. The molecule has 2 heteroatoms. The zero-order chi connectivity index (χ0) is 9.10. The summed E-state index contributed by atoms with van der Waals surface area (Å²) in [5.74, 6) is 0.0816. The minimum Gasteiger partial charge on any atom is -0.373 e. The molecule has 66 valence electrons. The number of carbonyl (C=O) groups excluding carboxylic acids is 1. The lowest BCUT2D eigenvalue weighted by atomic mass is 10.1. The predicted molar refractivity (Wildman–Crippen MR) is 49.7 cm³/mol. The normalized spacial score (nSPS) is 15.5. The number of carbonyl (C=O) groups is 1. The van der Waals surface area contributed by atoms with Gasteiger partial charge >= 0.3 is 0 Å². The minimum atomic E-state index is 0.0816. The van der Waals surface area contributed by atoms with Gasteiger partial charge in [-0.25, -0.2) is 0 Å². The molecule has 0 aromatic heterocycles. The van der Waals surface area contributed by atoms with Gasteiger partial charge in [-0.05, 0) is 6.08 Å². The van der Waals surface area contributed by atoms with Crippen LogP contribution in [0.25, 0.3) is 0 Å². The monoisotopic (exact) mass is 174 g/mol. The van der Waals surface area contributed by atoms with Crippen LogP contribution in [0.4, 0.5) is 0 Å². The van der Waals surface area contributed by atoms with Crippen molar-refractivity contribution in [3.63, 3.8) is 0 Å². The summed E-state index contributed by atoms with van der Waals surface area (Å²) in [6.07, 6.45) is 1.84. The van der Waals surface area contributed by atoms with E-state index in [0.29, 0.717) is 13.2 Å². The molecular weight excluding hydrogens is 164 g/mol. The number of Topliss-reactive ketones (excluding diaryl/α,β-unsaturated/α-hetero) is 1. The Kier molecular flexibility index (Phi) is 2.23. The van der Waals surface area contributed by atoms with Crippen LogP contribution in [0.2, 0.25) is 0 Å². The fourth-order valence-electron chi connectivity index (χ4n) is 1.32. The lowest BCUT2D eigenvalue weighted by Gasteiger charge is -1.99. The number of rotatable bonds is 2. The SMILES string of the molecule is O=C(C1=CCOC1)c1ccccc1. The molecular formula is C11H10O2. The molecule has 1 heterocycles. The van der Waals surface area contributed by atoms with Crippen molar-refractivity contribution in [1.29, 1.82) is 0 Å². The number of ketones is 1. The summed E-state index contributed by atoms with van der Waals surface area (Å²) in [6.45, 7) is 1.02. The molecule has 0 unspecified atom stereocenters. The molecule has 0 fully saturated rings. The average molecular weight is 174 g/mol. The highest BCUT2D eigenvalue weighted by molar-refractivity contribution is 6.09. The van der Waals surface area contributed by atoms with Crippen molar-refractivity contribution in [2.75, 3.05) is 13.2 Å². The molecule has 1 aliphatic rings. The molecule has 0 radical (unpaired) electrons. The number of benzene rings is 1. The largest absolute Gasteiger partial charge is 0.373 e. The first-order chi connectivity index (χ1) is 6.38. The molecule has 1 aromatic carbocycles. The Morgan fingerprint density at radius 1 is 1.23 bits per heavy atom. The minimum absolute atomic E-state index is 0.0816. The van der Waals surface area contributed by atoms with Crippen molar-refractivity contribution in [2.24, 2.45) is 0 Å². The van der Waals surface area contributed by atoms with Crippen LogP contribution < -0.4 is 0 Å². The first kappa shape index (κ1) is 8.20. The van der Waals surface area contributed by atoms with Crippen LogP contribution in [-0.2, 0) is 4.74 Å². The van der Waals surface area contributed by atoms with Gasteiger partial charge in [0.2, 0.25) is 0 Å². The van der Waals surface area contributed by atoms with Crippen molar-refractivity contribution in [1.82, 2.24) is 0 Å². The van der Waals surface area contributed by atoms with Gasteiger partial charge in [-0.15, -0.1) is 0 Å². The second-order valence-corrected chi connectivity index (χ2v) is 2.94. The fraction of sp³-hybridized carbons (Fsp3) is 0.182. The van der Waals surface area contributed by atoms with Crippen molar-refractivity contribution < 1.29 is 9.53 Å². The lowest BCUT2D eigenvalue weighted by molar-refractivity contribution is 0.101. The molecule has 0 N–H and O–H groups in total. The molecule has 0 amide bonds. The Balaban J connectivity index is 2.23. The van der Waals surface area contributed by atoms with Crippen molar-refractivity contribution >= 4 is 5.78 Å². The maximum atomic E-state index is 11.7. The third kappa shape index (κ3) is 1.68. The van der Waals surface area contributed by atoms with E-state index in [9.17, 15) is 4.79 Å². The first-order valence-corrected chi connectivity index (χ1v) is 4.24. The van der Waals surface area contributed by atoms with Crippen molar-refractivity contribution in [3.05, 3.63) is 47.5 Å². The van der Waals surface area contributed by atoms with E-state index in [4.69, 9.17) is 4.74 Å². The van der Waals surface area contributed by atoms with Crippen LogP contribution in [0.3, 0.4) is 0 Å². The van der Waals surface area contributed by atoms with Gasteiger partial charge in [0.05, 0.1) is 13.2 Å². The summed E-state index contributed by atoms with van der Waals surface area (Å²) in [5, 5.41) is 0. The molecule has 2 nitrogen and oxygen atoms in total. The average Bonchev–Trinajstić information content (AvgIpc) is 2.71. The lowest BCUT2D eigenvalue weighted by Crippen LogP contribution is -2.04. The Morgan fingerprint density at radius 3 is 2.62 bits per heavy atom. The summed E-state index contributed by atoms with van der Waals surface area (Å²) in [5.41, 5.74) is 1.51. The van der Waals surface area contributed by atoms with Crippen LogP contribution >= 0.6 is 0 Å². The summed E-state index contributed by atoms with van der Waals surface area (Å²) in [7, 11) is 0. The maximum absolute atomic E-state index is 11.7. The summed E-state index contributed by atoms with van der Waals surface area (Å²) < 4.78 is 5.09. The van der Waals surface area contributed by atoms with Crippen LogP contribution in [0.15, 0.2) is 42.0 Å². The Labute approximate surface area is 76.8 Å². The highest BCUT2D eigenvalue weighted by Crippen LogP contribution is 2.12. The highest BCUT2D eigenvalue weighted by atomic mass is 16.5. The van der Waals surface area contributed by atoms with Gasteiger partial charge in [0, 0.05) is 11.1 Å². The molecule has 2 rings (SSSR count). The van der Waals surface area contributed by atoms with E-state index in [0.717, 1.165) is 11.1 Å². The predicted octanol–water partition coefficient (Wildman–Crippen LogP) is 1.83. The Hall–Kier alpha value is -1.41. The molecule has 0 aliphatic carbocycles. The highest BCUT2D eigenvalue weighted by Gasteiger charge is 2.14. The van der Waals surface area contributed by atoms with E-state index in [1.807, 2.05) is 36.4 Å². The fourth-order valence-corrected chi connectivity index (χ4v) is 1.32. The molecule has 0 bridgehead atoms. The molecule has 0 atom stereocenters.